The number of ether oxygens (including phenoxy) is 1. The van der Waals surface area contributed by atoms with Crippen molar-refractivity contribution in [2.75, 3.05) is 12.4 Å². The third kappa shape index (κ3) is 6.43. The predicted molar refractivity (Wildman–Crippen MR) is 108 cm³/mol. The van der Waals surface area contributed by atoms with E-state index in [4.69, 9.17) is 9.84 Å². The number of hydrogen-bond donors (Lipinski definition) is 3. The van der Waals surface area contributed by atoms with Crippen LogP contribution in [-0.2, 0) is 14.8 Å². The number of aliphatic hydroxyl groups excluding tert-OH is 1. The molecule has 0 saturated carbocycles. The summed E-state index contributed by atoms with van der Waals surface area (Å²) in [6.07, 6.45) is 0. The van der Waals surface area contributed by atoms with E-state index in [1.807, 2.05) is 0 Å². The molecule has 0 aliphatic carbocycles. The Morgan fingerprint density at radius 2 is 1.66 bits per heavy atom. The van der Waals surface area contributed by atoms with Crippen LogP contribution in [0.4, 0.5) is 4.39 Å². The summed E-state index contributed by atoms with van der Waals surface area (Å²) in [5, 5.41) is 18.5. The second-order valence-electron chi connectivity index (χ2n) is 6.60. The van der Waals surface area contributed by atoms with Gasteiger partial charge in [0, 0.05) is 10.5 Å². The maximum atomic E-state index is 12.9. The second kappa shape index (κ2) is 9.57. The molecule has 0 saturated heterocycles. The summed E-state index contributed by atoms with van der Waals surface area (Å²) < 4.78 is 45.0. The van der Waals surface area contributed by atoms with Gasteiger partial charge in [0.2, 0.25) is 10.0 Å². The first kappa shape index (κ1) is 23.1. The van der Waals surface area contributed by atoms with Crippen molar-refractivity contribution >= 4 is 27.8 Å². The van der Waals surface area contributed by atoms with Crippen LogP contribution in [0.1, 0.15) is 13.8 Å². The quantitative estimate of drug-likeness (QED) is 0.517. The fraction of sp³-hybridized carbons (Fsp3) is 0.316. The minimum absolute atomic E-state index is 0.127. The molecular formula is C19H22FNO6S2. The first-order valence-electron chi connectivity index (χ1n) is 8.58. The molecule has 2 aromatic carbocycles. The minimum atomic E-state index is -4.12. The van der Waals surface area contributed by atoms with Crippen LogP contribution in [-0.4, -0.2) is 47.7 Å². The van der Waals surface area contributed by atoms with E-state index in [9.17, 15) is 22.7 Å². The summed E-state index contributed by atoms with van der Waals surface area (Å²) in [7, 11) is -4.12. The number of sulfonamides is 1. The zero-order chi connectivity index (χ0) is 21.7. The number of aliphatic hydroxyl groups is 1. The number of halogens is 1. The molecule has 0 aromatic heterocycles. The number of thioether (sulfide) groups is 1. The Hall–Kier alpha value is -2.14. The van der Waals surface area contributed by atoms with Crippen molar-refractivity contribution in [2.24, 2.45) is 0 Å². The molecule has 7 nitrogen and oxygen atoms in total. The smallest absolute Gasteiger partial charge is 0.323 e. The van der Waals surface area contributed by atoms with E-state index in [2.05, 4.69) is 4.72 Å². The van der Waals surface area contributed by atoms with Crippen molar-refractivity contribution in [3.8, 4) is 11.5 Å². The lowest BCUT2D eigenvalue weighted by atomic mass is 10.1. The highest BCUT2D eigenvalue weighted by atomic mass is 32.2. The lowest BCUT2D eigenvalue weighted by Gasteiger charge is -2.31. The molecule has 0 spiro atoms. The molecule has 2 rings (SSSR count). The van der Waals surface area contributed by atoms with Crippen molar-refractivity contribution in [3.63, 3.8) is 0 Å². The van der Waals surface area contributed by atoms with Gasteiger partial charge in [-0.1, -0.05) is 0 Å². The van der Waals surface area contributed by atoms with E-state index >= 15 is 0 Å². The summed E-state index contributed by atoms with van der Waals surface area (Å²) in [5.74, 6) is -0.732. The van der Waals surface area contributed by atoms with E-state index in [1.54, 1.807) is 13.8 Å². The average Bonchev–Trinajstić information content (AvgIpc) is 2.66. The summed E-state index contributed by atoms with van der Waals surface area (Å²) in [6, 6.07) is 9.34. The van der Waals surface area contributed by atoms with Crippen LogP contribution in [0.5, 0.6) is 11.5 Å². The van der Waals surface area contributed by atoms with Gasteiger partial charge in [0.05, 0.1) is 11.5 Å². The molecule has 0 amide bonds. The van der Waals surface area contributed by atoms with Crippen LogP contribution in [0.3, 0.4) is 0 Å². The average molecular weight is 444 g/mol. The fourth-order valence-electron chi connectivity index (χ4n) is 2.43. The molecule has 3 N–H and O–H groups in total. The SMILES string of the molecule is CC(C)(SCCO)[C@@H](NS(=O)(=O)c1ccc(Oc2ccc(F)cc2)cc1)C(=O)O. The van der Waals surface area contributed by atoms with Gasteiger partial charge < -0.3 is 14.9 Å². The van der Waals surface area contributed by atoms with Gasteiger partial charge in [0.15, 0.2) is 0 Å². The van der Waals surface area contributed by atoms with Crippen LogP contribution in [0.15, 0.2) is 53.4 Å². The third-order valence-electron chi connectivity index (χ3n) is 3.96. The Morgan fingerprint density at radius 1 is 1.14 bits per heavy atom. The number of nitrogens with one attached hydrogen (secondary N) is 1. The van der Waals surface area contributed by atoms with E-state index in [1.165, 1.54) is 48.5 Å². The lowest BCUT2D eigenvalue weighted by molar-refractivity contribution is -0.139. The number of carbonyl (C=O) groups is 1. The molecule has 10 heteroatoms. The molecule has 158 valence electrons. The number of benzene rings is 2. The Morgan fingerprint density at radius 3 is 2.14 bits per heavy atom. The van der Waals surface area contributed by atoms with Crippen LogP contribution in [0, 0.1) is 5.82 Å². The van der Waals surface area contributed by atoms with Crippen LogP contribution in [0.2, 0.25) is 0 Å². The number of aliphatic carboxylic acids is 1. The maximum Gasteiger partial charge on any atom is 0.323 e. The van der Waals surface area contributed by atoms with Crippen molar-refractivity contribution in [1.29, 1.82) is 0 Å². The highest BCUT2D eigenvalue weighted by Crippen LogP contribution is 2.30. The summed E-state index contributed by atoms with van der Waals surface area (Å²) in [5.41, 5.74) is 0. The zero-order valence-electron chi connectivity index (χ0n) is 15.8. The molecular weight excluding hydrogens is 421 g/mol. The van der Waals surface area contributed by atoms with Crippen molar-refractivity contribution in [1.82, 2.24) is 4.72 Å². The van der Waals surface area contributed by atoms with E-state index in [-0.39, 0.29) is 17.3 Å². The van der Waals surface area contributed by atoms with Gasteiger partial charge in [-0.3, -0.25) is 4.79 Å². The number of carboxylic acid groups (broad SMARTS) is 1. The second-order valence-corrected chi connectivity index (χ2v) is 10.1. The summed E-state index contributed by atoms with van der Waals surface area (Å²) >= 11 is 1.15. The molecule has 2 aromatic rings. The van der Waals surface area contributed by atoms with Gasteiger partial charge in [0.25, 0.3) is 0 Å². The molecule has 0 fully saturated rings. The number of hydrogen-bond acceptors (Lipinski definition) is 6. The topological polar surface area (TPSA) is 113 Å². The van der Waals surface area contributed by atoms with Crippen LogP contribution in [0.25, 0.3) is 0 Å². The Labute approximate surface area is 173 Å². The van der Waals surface area contributed by atoms with Gasteiger partial charge in [-0.05, 0) is 62.4 Å². The number of carboxylic acids is 1. The first-order chi connectivity index (χ1) is 13.5. The fourth-order valence-corrected chi connectivity index (χ4v) is 4.79. The molecule has 0 radical (unpaired) electrons. The van der Waals surface area contributed by atoms with Gasteiger partial charge in [-0.2, -0.15) is 16.5 Å². The standard InChI is InChI=1S/C19H22FNO6S2/c1-19(2,28-12-11-22)17(18(23)24)21-29(25,26)16-9-7-15(8-10-16)27-14-5-3-13(20)4-6-14/h3-10,17,21-22H,11-12H2,1-2H3,(H,23,24)/t17-/m0/s1. The third-order valence-corrected chi connectivity index (χ3v) is 6.77. The van der Waals surface area contributed by atoms with Gasteiger partial charge in [0.1, 0.15) is 23.4 Å². The normalized spacial score (nSPS) is 13.1. The molecule has 1 atom stereocenters. The van der Waals surface area contributed by atoms with E-state index < -0.39 is 32.6 Å². The van der Waals surface area contributed by atoms with Crippen LogP contribution >= 0.6 is 11.8 Å². The maximum absolute atomic E-state index is 12.9. The van der Waals surface area contributed by atoms with E-state index in [0.29, 0.717) is 11.5 Å². The minimum Gasteiger partial charge on any atom is -0.480 e. The van der Waals surface area contributed by atoms with Crippen molar-refractivity contribution in [2.45, 2.75) is 29.5 Å². The van der Waals surface area contributed by atoms with Crippen molar-refractivity contribution < 1.29 is 32.6 Å². The van der Waals surface area contributed by atoms with E-state index in [0.717, 1.165) is 11.8 Å². The number of rotatable bonds is 10. The Kier molecular flexibility index (Phi) is 7.64. The molecule has 0 aliphatic heterocycles. The van der Waals surface area contributed by atoms with Gasteiger partial charge in [-0.25, -0.2) is 12.8 Å². The van der Waals surface area contributed by atoms with Crippen molar-refractivity contribution in [3.05, 3.63) is 54.3 Å². The van der Waals surface area contributed by atoms with Gasteiger partial charge in [-0.15, -0.1) is 0 Å². The summed E-state index contributed by atoms with van der Waals surface area (Å²) in [6.45, 7) is 3.03. The largest absolute Gasteiger partial charge is 0.480 e. The van der Waals surface area contributed by atoms with Crippen LogP contribution < -0.4 is 9.46 Å². The zero-order valence-corrected chi connectivity index (χ0v) is 17.5. The lowest BCUT2D eigenvalue weighted by Crippen LogP contribution is -2.52. The van der Waals surface area contributed by atoms with Gasteiger partial charge >= 0.3 is 5.97 Å². The molecule has 0 aliphatic rings. The monoisotopic (exact) mass is 443 g/mol. The molecule has 29 heavy (non-hydrogen) atoms. The molecule has 0 unspecified atom stereocenters. The Bertz CT molecular complexity index is 930. The predicted octanol–water partition coefficient (Wildman–Crippen LogP) is 2.85. The highest BCUT2D eigenvalue weighted by molar-refractivity contribution is 8.00. The highest BCUT2D eigenvalue weighted by Gasteiger charge is 2.39. The first-order valence-corrected chi connectivity index (χ1v) is 11.1. The molecule has 0 bridgehead atoms. The molecule has 0 heterocycles. The summed E-state index contributed by atoms with van der Waals surface area (Å²) in [4.78, 5) is 11.5. The Balaban J connectivity index is 2.16.